The molecule has 0 bridgehead atoms. The Labute approximate surface area is 112 Å². The normalized spacial score (nSPS) is 22.7. The van der Waals surface area contributed by atoms with Gasteiger partial charge in [0.1, 0.15) is 0 Å². The van der Waals surface area contributed by atoms with Gasteiger partial charge < -0.3 is 10.4 Å². The predicted octanol–water partition coefficient (Wildman–Crippen LogP) is 1.59. The molecule has 0 radical (unpaired) electrons. The molecule has 2 unspecified atom stereocenters. The van der Waals surface area contributed by atoms with Crippen molar-refractivity contribution in [2.24, 2.45) is 11.8 Å². The zero-order chi connectivity index (χ0) is 13.7. The van der Waals surface area contributed by atoms with Crippen molar-refractivity contribution >= 4 is 11.9 Å². The van der Waals surface area contributed by atoms with Crippen molar-refractivity contribution in [3.05, 3.63) is 30.1 Å². The van der Waals surface area contributed by atoms with Gasteiger partial charge in [-0.25, -0.2) is 0 Å². The van der Waals surface area contributed by atoms with E-state index in [1.54, 1.807) is 12.4 Å². The van der Waals surface area contributed by atoms with Crippen LogP contribution < -0.4 is 5.32 Å². The summed E-state index contributed by atoms with van der Waals surface area (Å²) in [4.78, 5) is 26.9. The summed E-state index contributed by atoms with van der Waals surface area (Å²) in [6, 6.07) is 3.70. The number of carboxylic acid groups (broad SMARTS) is 1. The average molecular weight is 262 g/mol. The highest BCUT2D eigenvalue weighted by Gasteiger charge is 2.30. The van der Waals surface area contributed by atoms with Crippen molar-refractivity contribution in [2.45, 2.75) is 32.2 Å². The van der Waals surface area contributed by atoms with Crippen LogP contribution in [0.5, 0.6) is 0 Å². The Morgan fingerprint density at radius 3 is 2.63 bits per heavy atom. The van der Waals surface area contributed by atoms with Crippen molar-refractivity contribution in [2.75, 3.05) is 0 Å². The van der Waals surface area contributed by atoms with Crippen molar-refractivity contribution in [3.8, 4) is 0 Å². The zero-order valence-electron chi connectivity index (χ0n) is 10.7. The maximum Gasteiger partial charge on any atom is 0.306 e. The first-order valence-corrected chi connectivity index (χ1v) is 6.56. The van der Waals surface area contributed by atoms with Crippen LogP contribution in [0.15, 0.2) is 24.5 Å². The lowest BCUT2D eigenvalue weighted by atomic mass is 9.81. The van der Waals surface area contributed by atoms with E-state index in [1.807, 2.05) is 12.1 Å². The second kappa shape index (κ2) is 6.31. The monoisotopic (exact) mass is 262 g/mol. The van der Waals surface area contributed by atoms with E-state index >= 15 is 0 Å². The standard InChI is InChI=1S/C14H18N2O3/c17-13(16-9-10-4-6-15-7-5-10)11-2-1-3-12(8-11)14(18)19/h4-7,11-12H,1-3,8-9H2,(H,16,17)(H,18,19). The molecule has 0 spiro atoms. The number of aliphatic carboxylic acids is 1. The molecule has 1 saturated carbocycles. The lowest BCUT2D eigenvalue weighted by Gasteiger charge is -2.25. The van der Waals surface area contributed by atoms with Crippen LogP contribution in [-0.4, -0.2) is 22.0 Å². The molecule has 1 aliphatic carbocycles. The molecule has 1 aromatic rings. The summed E-state index contributed by atoms with van der Waals surface area (Å²) >= 11 is 0. The molecule has 1 aliphatic rings. The zero-order valence-corrected chi connectivity index (χ0v) is 10.7. The number of hydrogen-bond acceptors (Lipinski definition) is 3. The third-order valence-corrected chi connectivity index (χ3v) is 3.61. The fourth-order valence-electron chi connectivity index (χ4n) is 2.49. The van der Waals surface area contributed by atoms with Gasteiger partial charge in [-0.3, -0.25) is 14.6 Å². The lowest BCUT2D eigenvalue weighted by molar-refractivity contribution is -0.144. The minimum atomic E-state index is -0.786. The van der Waals surface area contributed by atoms with Crippen LogP contribution in [0.1, 0.15) is 31.2 Å². The number of carboxylic acids is 1. The second-order valence-electron chi connectivity index (χ2n) is 4.97. The largest absolute Gasteiger partial charge is 0.481 e. The molecule has 1 aromatic heterocycles. The molecule has 0 saturated heterocycles. The summed E-state index contributed by atoms with van der Waals surface area (Å²) in [6.07, 6.45) is 6.10. The predicted molar refractivity (Wildman–Crippen MR) is 69.2 cm³/mol. The summed E-state index contributed by atoms with van der Waals surface area (Å²) in [7, 11) is 0. The number of hydrogen-bond donors (Lipinski definition) is 2. The molecule has 2 atom stereocenters. The van der Waals surface area contributed by atoms with Crippen molar-refractivity contribution in [1.29, 1.82) is 0 Å². The molecule has 2 N–H and O–H groups in total. The molecular formula is C14H18N2O3. The summed E-state index contributed by atoms with van der Waals surface area (Å²) < 4.78 is 0. The Morgan fingerprint density at radius 2 is 1.95 bits per heavy atom. The molecule has 0 aliphatic heterocycles. The van der Waals surface area contributed by atoms with Gasteiger partial charge in [-0.1, -0.05) is 6.42 Å². The van der Waals surface area contributed by atoms with Gasteiger partial charge >= 0.3 is 5.97 Å². The van der Waals surface area contributed by atoms with E-state index in [9.17, 15) is 9.59 Å². The van der Waals surface area contributed by atoms with E-state index in [-0.39, 0.29) is 17.7 Å². The topological polar surface area (TPSA) is 79.3 Å². The van der Waals surface area contributed by atoms with Crippen molar-refractivity contribution in [1.82, 2.24) is 10.3 Å². The minimum absolute atomic E-state index is 0.0391. The highest BCUT2D eigenvalue weighted by Crippen LogP contribution is 2.29. The van der Waals surface area contributed by atoms with E-state index in [0.29, 0.717) is 19.4 Å². The van der Waals surface area contributed by atoms with Gasteiger partial charge in [0.25, 0.3) is 0 Å². The SMILES string of the molecule is O=C(O)C1CCCC(C(=O)NCc2ccncc2)C1. The lowest BCUT2D eigenvalue weighted by Crippen LogP contribution is -2.35. The minimum Gasteiger partial charge on any atom is -0.481 e. The van der Waals surface area contributed by atoms with E-state index in [2.05, 4.69) is 10.3 Å². The van der Waals surface area contributed by atoms with Gasteiger partial charge in [0.05, 0.1) is 5.92 Å². The van der Waals surface area contributed by atoms with E-state index in [4.69, 9.17) is 5.11 Å². The molecule has 1 fully saturated rings. The van der Waals surface area contributed by atoms with Crippen LogP contribution in [0, 0.1) is 11.8 Å². The highest BCUT2D eigenvalue weighted by molar-refractivity contribution is 5.80. The number of pyridine rings is 1. The van der Waals surface area contributed by atoms with Crippen LogP contribution in [0.25, 0.3) is 0 Å². The molecule has 1 amide bonds. The molecule has 2 rings (SSSR count). The van der Waals surface area contributed by atoms with Gasteiger partial charge in [-0.05, 0) is 37.0 Å². The molecule has 102 valence electrons. The molecule has 5 nitrogen and oxygen atoms in total. The number of rotatable bonds is 4. The molecule has 5 heteroatoms. The van der Waals surface area contributed by atoms with Gasteiger partial charge in [0.2, 0.25) is 5.91 Å². The maximum absolute atomic E-state index is 12.0. The van der Waals surface area contributed by atoms with Gasteiger partial charge in [-0.2, -0.15) is 0 Å². The van der Waals surface area contributed by atoms with Crippen LogP contribution in [0.2, 0.25) is 0 Å². The molecular weight excluding hydrogens is 244 g/mol. The van der Waals surface area contributed by atoms with Crippen LogP contribution in [0.4, 0.5) is 0 Å². The first kappa shape index (κ1) is 13.5. The number of carbonyl (C=O) groups excluding carboxylic acids is 1. The van der Waals surface area contributed by atoms with Crippen molar-refractivity contribution < 1.29 is 14.7 Å². The van der Waals surface area contributed by atoms with Crippen molar-refractivity contribution in [3.63, 3.8) is 0 Å². The third-order valence-electron chi connectivity index (χ3n) is 3.61. The average Bonchev–Trinajstić information content (AvgIpc) is 2.46. The Hall–Kier alpha value is -1.91. The van der Waals surface area contributed by atoms with Gasteiger partial charge in [0.15, 0.2) is 0 Å². The first-order valence-electron chi connectivity index (χ1n) is 6.56. The molecule has 19 heavy (non-hydrogen) atoms. The smallest absolute Gasteiger partial charge is 0.306 e. The number of nitrogens with zero attached hydrogens (tertiary/aromatic N) is 1. The summed E-state index contributed by atoms with van der Waals surface area (Å²) in [5.74, 6) is -1.36. The van der Waals surface area contributed by atoms with Crippen LogP contribution in [-0.2, 0) is 16.1 Å². The van der Waals surface area contributed by atoms with Crippen LogP contribution >= 0.6 is 0 Å². The van der Waals surface area contributed by atoms with E-state index in [1.165, 1.54) is 0 Å². The summed E-state index contributed by atoms with van der Waals surface area (Å²) in [5.41, 5.74) is 0.994. The van der Waals surface area contributed by atoms with E-state index in [0.717, 1.165) is 18.4 Å². The Kier molecular flexibility index (Phi) is 4.49. The molecule has 1 heterocycles. The van der Waals surface area contributed by atoms with E-state index < -0.39 is 5.97 Å². The fourth-order valence-corrected chi connectivity index (χ4v) is 2.49. The highest BCUT2D eigenvalue weighted by atomic mass is 16.4. The van der Waals surface area contributed by atoms with Crippen LogP contribution in [0.3, 0.4) is 0 Å². The second-order valence-corrected chi connectivity index (χ2v) is 4.97. The Bertz CT molecular complexity index is 447. The number of aromatic nitrogens is 1. The molecule has 0 aromatic carbocycles. The number of carbonyl (C=O) groups is 2. The summed E-state index contributed by atoms with van der Waals surface area (Å²) in [6.45, 7) is 0.468. The summed E-state index contributed by atoms with van der Waals surface area (Å²) in [5, 5.41) is 11.9. The third kappa shape index (κ3) is 3.77. The quantitative estimate of drug-likeness (QED) is 0.863. The number of nitrogens with one attached hydrogen (secondary N) is 1. The fraction of sp³-hybridized carbons (Fsp3) is 0.500. The number of amides is 1. The van der Waals surface area contributed by atoms with Gasteiger partial charge in [0, 0.05) is 24.9 Å². The van der Waals surface area contributed by atoms with Gasteiger partial charge in [-0.15, -0.1) is 0 Å². The maximum atomic E-state index is 12.0. The Morgan fingerprint density at radius 1 is 1.26 bits per heavy atom. The first-order chi connectivity index (χ1) is 9.16. The Balaban J connectivity index is 1.84.